The monoisotopic (exact) mass is 244 g/mol. The van der Waals surface area contributed by atoms with Crippen molar-refractivity contribution in [2.75, 3.05) is 6.61 Å². The maximum atomic E-state index is 11.5. The summed E-state index contributed by atoms with van der Waals surface area (Å²) >= 11 is 0. The summed E-state index contributed by atoms with van der Waals surface area (Å²) in [5, 5.41) is 0. The number of H-pyrrole nitrogens is 1. The van der Waals surface area contributed by atoms with E-state index in [1.54, 1.807) is 6.92 Å². The van der Waals surface area contributed by atoms with Crippen LogP contribution in [0.1, 0.15) is 34.4 Å². The van der Waals surface area contributed by atoms with Gasteiger partial charge in [0.1, 0.15) is 11.5 Å². The van der Waals surface area contributed by atoms with Crippen LogP contribution in [0, 0.1) is 6.92 Å². The van der Waals surface area contributed by atoms with Crippen molar-refractivity contribution >= 4 is 5.97 Å². The van der Waals surface area contributed by atoms with E-state index in [9.17, 15) is 4.79 Å². The molecule has 0 bridgehead atoms. The van der Waals surface area contributed by atoms with E-state index < -0.39 is 0 Å². The van der Waals surface area contributed by atoms with Gasteiger partial charge in [-0.2, -0.15) is 0 Å². The minimum atomic E-state index is -0.361. The average Bonchev–Trinajstić information content (AvgIpc) is 2.81. The normalized spacial score (nSPS) is 10.3. The lowest BCUT2D eigenvalue weighted by atomic mass is 10.1. The van der Waals surface area contributed by atoms with E-state index in [4.69, 9.17) is 4.74 Å². The molecule has 0 saturated heterocycles. The Morgan fingerprint density at radius 1 is 1.33 bits per heavy atom. The topological polar surface area (TPSA) is 55.0 Å². The van der Waals surface area contributed by atoms with Gasteiger partial charge in [-0.3, -0.25) is 0 Å². The number of aromatic nitrogens is 2. The average molecular weight is 244 g/mol. The smallest absolute Gasteiger partial charge is 0.356 e. The number of esters is 1. The van der Waals surface area contributed by atoms with E-state index in [2.05, 4.69) is 41.2 Å². The van der Waals surface area contributed by atoms with E-state index in [0.717, 1.165) is 11.4 Å². The fraction of sp³-hybridized carbons (Fsp3) is 0.286. The van der Waals surface area contributed by atoms with E-state index in [1.165, 1.54) is 11.8 Å². The van der Waals surface area contributed by atoms with Gasteiger partial charge in [0.2, 0.25) is 0 Å². The van der Waals surface area contributed by atoms with Gasteiger partial charge in [0, 0.05) is 6.42 Å². The Bertz CT molecular complexity index is 529. The summed E-state index contributed by atoms with van der Waals surface area (Å²) in [4.78, 5) is 18.6. The minimum absolute atomic E-state index is 0.361. The number of aromatic amines is 1. The summed E-state index contributed by atoms with van der Waals surface area (Å²) in [5.74, 6) is 0.405. The van der Waals surface area contributed by atoms with Crippen LogP contribution in [0.3, 0.4) is 0 Å². The summed E-state index contributed by atoms with van der Waals surface area (Å²) in [6, 6.07) is 8.23. The first-order valence-corrected chi connectivity index (χ1v) is 5.95. The molecule has 0 saturated carbocycles. The highest BCUT2D eigenvalue weighted by atomic mass is 16.5. The second-order valence-electron chi connectivity index (χ2n) is 4.13. The lowest BCUT2D eigenvalue weighted by Crippen LogP contribution is -2.05. The highest BCUT2D eigenvalue weighted by molar-refractivity contribution is 5.86. The number of carbonyl (C=O) groups excluding carboxylic acids is 1. The molecule has 18 heavy (non-hydrogen) atoms. The third kappa shape index (κ3) is 2.97. The minimum Gasteiger partial charge on any atom is -0.461 e. The lowest BCUT2D eigenvalue weighted by Gasteiger charge is -1.99. The van der Waals surface area contributed by atoms with Crippen molar-refractivity contribution in [2.24, 2.45) is 0 Å². The predicted molar refractivity (Wildman–Crippen MR) is 68.5 cm³/mol. The SMILES string of the molecule is CCOC(=O)c1cnc(Cc2ccc(C)cc2)[nH]1. The Morgan fingerprint density at radius 3 is 2.72 bits per heavy atom. The third-order valence-electron chi connectivity index (χ3n) is 2.62. The number of imidazole rings is 1. The highest BCUT2D eigenvalue weighted by Crippen LogP contribution is 2.09. The van der Waals surface area contributed by atoms with Crippen molar-refractivity contribution in [3.8, 4) is 0 Å². The fourth-order valence-corrected chi connectivity index (χ4v) is 1.66. The molecule has 0 atom stereocenters. The fourth-order valence-electron chi connectivity index (χ4n) is 1.66. The molecular formula is C14H16N2O2. The zero-order valence-corrected chi connectivity index (χ0v) is 10.6. The van der Waals surface area contributed by atoms with Crippen LogP contribution in [0.25, 0.3) is 0 Å². The first-order chi connectivity index (χ1) is 8.69. The number of benzene rings is 1. The molecule has 1 aromatic heterocycles. The molecule has 0 aliphatic rings. The maximum absolute atomic E-state index is 11.5. The van der Waals surface area contributed by atoms with Gasteiger partial charge < -0.3 is 9.72 Å². The largest absolute Gasteiger partial charge is 0.461 e. The molecule has 0 aliphatic carbocycles. The number of carbonyl (C=O) groups is 1. The summed E-state index contributed by atoms with van der Waals surface area (Å²) in [7, 11) is 0. The molecule has 0 radical (unpaired) electrons. The van der Waals surface area contributed by atoms with Gasteiger partial charge in [-0.15, -0.1) is 0 Å². The van der Waals surface area contributed by atoms with Crippen LogP contribution in [0.15, 0.2) is 30.5 Å². The molecule has 94 valence electrons. The zero-order valence-electron chi connectivity index (χ0n) is 10.6. The zero-order chi connectivity index (χ0) is 13.0. The quantitative estimate of drug-likeness (QED) is 0.841. The van der Waals surface area contributed by atoms with Crippen LogP contribution in [-0.4, -0.2) is 22.5 Å². The van der Waals surface area contributed by atoms with Gasteiger partial charge in [0.05, 0.1) is 12.8 Å². The van der Waals surface area contributed by atoms with Crippen molar-refractivity contribution in [1.29, 1.82) is 0 Å². The standard InChI is InChI=1S/C14H16N2O2/c1-3-18-14(17)12-9-15-13(16-12)8-11-6-4-10(2)5-7-11/h4-7,9H,3,8H2,1-2H3,(H,15,16). The van der Waals surface area contributed by atoms with Crippen molar-refractivity contribution in [1.82, 2.24) is 9.97 Å². The van der Waals surface area contributed by atoms with Crippen LogP contribution in [0.2, 0.25) is 0 Å². The number of nitrogens with zero attached hydrogens (tertiary/aromatic N) is 1. The van der Waals surface area contributed by atoms with Gasteiger partial charge in [0.25, 0.3) is 0 Å². The first-order valence-electron chi connectivity index (χ1n) is 5.95. The summed E-state index contributed by atoms with van der Waals surface area (Å²) in [6.45, 7) is 4.20. The molecule has 4 heteroatoms. The van der Waals surface area contributed by atoms with Gasteiger partial charge >= 0.3 is 5.97 Å². The second-order valence-corrected chi connectivity index (χ2v) is 4.13. The van der Waals surface area contributed by atoms with E-state index in [0.29, 0.717) is 18.7 Å². The maximum Gasteiger partial charge on any atom is 0.356 e. The molecule has 1 heterocycles. The Labute approximate surface area is 106 Å². The van der Waals surface area contributed by atoms with Crippen LogP contribution in [0.5, 0.6) is 0 Å². The number of hydrogen-bond donors (Lipinski definition) is 1. The van der Waals surface area contributed by atoms with Crippen molar-refractivity contribution in [3.05, 3.63) is 53.1 Å². The molecule has 4 nitrogen and oxygen atoms in total. The molecule has 2 aromatic rings. The molecular weight excluding hydrogens is 228 g/mol. The Morgan fingerprint density at radius 2 is 2.06 bits per heavy atom. The van der Waals surface area contributed by atoms with E-state index in [1.807, 2.05) is 0 Å². The van der Waals surface area contributed by atoms with Crippen LogP contribution in [0.4, 0.5) is 0 Å². The second kappa shape index (κ2) is 5.49. The first kappa shape index (κ1) is 12.4. The molecule has 0 aliphatic heterocycles. The van der Waals surface area contributed by atoms with Crippen LogP contribution < -0.4 is 0 Å². The van der Waals surface area contributed by atoms with Gasteiger partial charge in [-0.05, 0) is 19.4 Å². The molecule has 0 unspecified atom stereocenters. The van der Waals surface area contributed by atoms with E-state index in [-0.39, 0.29) is 5.97 Å². The Hall–Kier alpha value is -2.10. The number of rotatable bonds is 4. The van der Waals surface area contributed by atoms with Crippen molar-refractivity contribution < 1.29 is 9.53 Å². The number of ether oxygens (including phenoxy) is 1. The van der Waals surface area contributed by atoms with E-state index >= 15 is 0 Å². The van der Waals surface area contributed by atoms with Gasteiger partial charge in [0.15, 0.2) is 0 Å². The van der Waals surface area contributed by atoms with Crippen molar-refractivity contribution in [3.63, 3.8) is 0 Å². The summed E-state index contributed by atoms with van der Waals surface area (Å²) in [6.07, 6.45) is 2.20. The Balaban J connectivity index is 2.06. The lowest BCUT2D eigenvalue weighted by molar-refractivity contribution is 0.0520. The molecule has 1 N–H and O–H groups in total. The van der Waals surface area contributed by atoms with Gasteiger partial charge in [-0.25, -0.2) is 9.78 Å². The molecule has 0 amide bonds. The van der Waals surface area contributed by atoms with Crippen LogP contribution in [-0.2, 0) is 11.2 Å². The number of nitrogens with one attached hydrogen (secondary N) is 1. The molecule has 1 aromatic carbocycles. The molecule has 2 rings (SSSR count). The molecule has 0 fully saturated rings. The predicted octanol–water partition coefficient (Wildman–Crippen LogP) is 2.49. The van der Waals surface area contributed by atoms with Crippen LogP contribution >= 0.6 is 0 Å². The van der Waals surface area contributed by atoms with Gasteiger partial charge in [-0.1, -0.05) is 29.8 Å². The highest BCUT2D eigenvalue weighted by Gasteiger charge is 2.10. The summed E-state index contributed by atoms with van der Waals surface area (Å²) < 4.78 is 4.90. The molecule has 0 spiro atoms. The number of aryl methyl sites for hydroxylation is 1. The third-order valence-corrected chi connectivity index (χ3v) is 2.62. The van der Waals surface area contributed by atoms with Crippen molar-refractivity contribution in [2.45, 2.75) is 20.3 Å². The summed E-state index contributed by atoms with van der Waals surface area (Å²) in [5.41, 5.74) is 2.79. The Kier molecular flexibility index (Phi) is 3.77. The number of hydrogen-bond acceptors (Lipinski definition) is 3.